The van der Waals surface area contributed by atoms with Crippen molar-refractivity contribution in [2.45, 2.75) is 32.8 Å². The van der Waals surface area contributed by atoms with Crippen LogP contribution in [0.5, 0.6) is 0 Å². The van der Waals surface area contributed by atoms with Crippen LogP contribution in [0.25, 0.3) is 10.8 Å². The molecule has 0 unspecified atom stereocenters. The van der Waals surface area contributed by atoms with Crippen molar-refractivity contribution in [2.75, 3.05) is 51.6 Å². The van der Waals surface area contributed by atoms with Gasteiger partial charge >= 0.3 is 6.09 Å². The number of likely N-dealkylation sites (N-methyl/N-ethyl adjacent to an activating group) is 1. The van der Waals surface area contributed by atoms with Crippen LogP contribution >= 0.6 is 0 Å². The molecule has 1 heterocycles. The molecule has 3 rings (SSSR count). The summed E-state index contributed by atoms with van der Waals surface area (Å²) in [7, 11) is 2.14. The summed E-state index contributed by atoms with van der Waals surface area (Å²) in [5.41, 5.74) is 0.265. The van der Waals surface area contributed by atoms with Crippen molar-refractivity contribution < 1.29 is 14.3 Å². The first-order valence-electron chi connectivity index (χ1n) is 10.9. The van der Waals surface area contributed by atoms with Crippen LogP contribution in [0.1, 0.15) is 37.6 Å². The normalized spacial score (nSPS) is 15.6. The van der Waals surface area contributed by atoms with Crippen molar-refractivity contribution in [2.24, 2.45) is 0 Å². The van der Waals surface area contributed by atoms with Crippen LogP contribution in [-0.4, -0.2) is 73.7 Å². The summed E-state index contributed by atoms with van der Waals surface area (Å²) < 4.78 is 5.37. The van der Waals surface area contributed by atoms with E-state index in [0.29, 0.717) is 17.8 Å². The molecule has 31 heavy (non-hydrogen) atoms. The maximum atomic E-state index is 12.9. The lowest BCUT2D eigenvalue weighted by Crippen LogP contribution is -2.45. The van der Waals surface area contributed by atoms with Crippen molar-refractivity contribution in [1.29, 1.82) is 0 Å². The Balaban J connectivity index is 1.65. The molecule has 0 saturated carbocycles. The molecule has 0 spiro atoms. The van der Waals surface area contributed by atoms with Crippen molar-refractivity contribution in [3.05, 3.63) is 42.0 Å². The van der Waals surface area contributed by atoms with E-state index in [2.05, 4.69) is 27.5 Å². The number of carbonyl (C=O) groups excluding carboxylic acids is 2. The molecule has 7 nitrogen and oxygen atoms in total. The van der Waals surface area contributed by atoms with Gasteiger partial charge < -0.3 is 19.9 Å². The highest BCUT2D eigenvalue weighted by Crippen LogP contribution is 2.25. The van der Waals surface area contributed by atoms with Gasteiger partial charge in [0.25, 0.3) is 5.91 Å². The first-order chi connectivity index (χ1) is 14.7. The molecule has 2 N–H and O–H groups in total. The van der Waals surface area contributed by atoms with Crippen LogP contribution in [-0.2, 0) is 4.74 Å². The summed E-state index contributed by atoms with van der Waals surface area (Å²) in [6.07, 6.45) is 0.310. The van der Waals surface area contributed by atoms with E-state index in [4.69, 9.17) is 4.74 Å². The fraction of sp³-hybridized carbons (Fsp3) is 0.500. The zero-order valence-corrected chi connectivity index (χ0v) is 19.0. The Morgan fingerprint density at radius 3 is 2.32 bits per heavy atom. The highest BCUT2D eigenvalue weighted by molar-refractivity contribution is 6.07. The molecule has 0 aromatic heterocycles. The van der Waals surface area contributed by atoms with Crippen LogP contribution in [0.3, 0.4) is 0 Å². The monoisotopic (exact) mass is 426 g/mol. The quantitative estimate of drug-likeness (QED) is 0.691. The Kier molecular flexibility index (Phi) is 7.51. The number of piperazine rings is 1. The van der Waals surface area contributed by atoms with Gasteiger partial charge in [-0.3, -0.25) is 10.1 Å². The molecule has 0 aliphatic carbocycles. The van der Waals surface area contributed by atoms with E-state index in [1.807, 2.05) is 36.4 Å². The molecule has 0 radical (unpaired) electrons. The van der Waals surface area contributed by atoms with Gasteiger partial charge in [-0.15, -0.1) is 0 Å². The molecule has 2 aromatic rings. The molecular formula is C24H34N4O3. The Hall–Kier alpha value is -2.64. The summed E-state index contributed by atoms with van der Waals surface area (Å²) in [6, 6.07) is 11.4. The van der Waals surface area contributed by atoms with E-state index < -0.39 is 11.7 Å². The summed E-state index contributed by atoms with van der Waals surface area (Å²) in [5, 5.41) is 7.65. The topological polar surface area (TPSA) is 73.9 Å². The molecule has 0 atom stereocenters. The minimum Gasteiger partial charge on any atom is -0.444 e. The Bertz CT molecular complexity index is 915. The fourth-order valence-electron chi connectivity index (χ4n) is 3.62. The van der Waals surface area contributed by atoms with Crippen molar-refractivity contribution in [1.82, 2.24) is 15.1 Å². The van der Waals surface area contributed by atoms with Crippen LogP contribution in [0.15, 0.2) is 36.4 Å². The molecule has 168 valence electrons. The standard InChI is InChI=1S/C24H34N4O3/c1-24(2,3)31-23(30)26-21-17-19-9-6-5-8-18(19)16-20(21)22(29)25-10-7-11-28-14-12-27(4)13-15-28/h5-6,8-9,16-17H,7,10-15H2,1-4H3,(H,25,29)(H,26,30). The van der Waals surface area contributed by atoms with E-state index in [-0.39, 0.29) is 5.91 Å². The van der Waals surface area contributed by atoms with Crippen LogP contribution in [0, 0.1) is 0 Å². The van der Waals surface area contributed by atoms with E-state index >= 15 is 0 Å². The summed E-state index contributed by atoms with van der Waals surface area (Å²) in [5.74, 6) is -0.199. The van der Waals surface area contributed by atoms with E-state index in [9.17, 15) is 9.59 Å². The zero-order valence-electron chi connectivity index (χ0n) is 19.0. The summed E-state index contributed by atoms with van der Waals surface area (Å²) in [4.78, 5) is 30.0. The average Bonchev–Trinajstić information content (AvgIpc) is 2.70. The van der Waals surface area contributed by atoms with Gasteiger partial charge in [-0.05, 0) is 63.7 Å². The number of fused-ring (bicyclic) bond motifs is 1. The molecule has 1 saturated heterocycles. The number of nitrogens with zero attached hydrogens (tertiary/aromatic N) is 2. The molecule has 2 aromatic carbocycles. The third-order valence-electron chi connectivity index (χ3n) is 5.30. The minimum atomic E-state index is -0.618. The highest BCUT2D eigenvalue weighted by Gasteiger charge is 2.20. The van der Waals surface area contributed by atoms with Crippen molar-refractivity contribution in [3.8, 4) is 0 Å². The van der Waals surface area contributed by atoms with Crippen LogP contribution in [0.2, 0.25) is 0 Å². The molecule has 1 aliphatic rings. The van der Waals surface area contributed by atoms with Crippen molar-refractivity contribution in [3.63, 3.8) is 0 Å². The van der Waals surface area contributed by atoms with Gasteiger partial charge in [0, 0.05) is 32.7 Å². The molecule has 2 amide bonds. The second-order valence-electron chi connectivity index (χ2n) is 9.13. The van der Waals surface area contributed by atoms with Gasteiger partial charge in [-0.25, -0.2) is 4.79 Å². The Morgan fingerprint density at radius 1 is 1.03 bits per heavy atom. The molecular weight excluding hydrogens is 392 g/mol. The average molecular weight is 427 g/mol. The lowest BCUT2D eigenvalue weighted by molar-refractivity contribution is 0.0636. The Labute approximate surface area is 184 Å². The zero-order chi connectivity index (χ0) is 22.4. The second kappa shape index (κ2) is 10.1. The largest absolute Gasteiger partial charge is 0.444 e. The van der Waals surface area contributed by atoms with Gasteiger partial charge in [-0.2, -0.15) is 0 Å². The van der Waals surface area contributed by atoms with Gasteiger partial charge in [0.1, 0.15) is 5.60 Å². The first-order valence-corrected chi connectivity index (χ1v) is 10.9. The number of hydrogen-bond donors (Lipinski definition) is 2. The van der Waals surface area contributed by atoms with Crippen LogP contribution < -0.4 is 10.6 Å². The third-order valence-corrected chi connectivity index (χ3v) is 5.30. The van der Waals surface area contributed by atoms with E-state index in [1.165, 1.54) is 0 Å². The number of hydrogen-bond acceptors (Lipinski definition) is 5. The number of nitrogens with one attached hydrogen (secondary N) is 2. The van der Waals surface area contributed by atoms with E-state index in [0.717, 1.165) is 49.9 Å². The lowest BCUT2D eigenvalue weighted by atomic mass is 10.0. The maximum Gasteiger partial charge on any atom is 0.412 e. The van der Waals surface area contributed by atoms with Gasteiger partial charge in [-0.1, -0.05) is 24.3 Å². The molecule has 7 heteroatoms. The molecule has 1 aliphatic heterocycles. The smallest absolute Gasteiger partial charge is 0.412 e. The maximum absolute atomic E-state index is 12.9. The number of amides is 2. The highest BCUT2D eigenvalue weighted by atomic mass is 16.6. The van der Waals surface area contributed by atoms with E-state index in [1.54, 1.807) is 20.8 Å². The molecule has 0 bridgehead atoms. The number of benzene rings is 2. The summed E-state index contributed by atoms with van der Waals surface area (Å²) >= 11 is 0. The number of ether oxygens (including phenoxy) is 1. The van der Waals surface area contributed by atoms with Gasteiger partial charge in [0.15, 0.2) is 0 Å². The minimum absolute atomic E-state index is 0.199. The first kappa shape index (κ1) is 23.0. The second-order valence-corrected chi connectivity index (χ2v) is 9.13. The van der Waals surface area contributed by atoms with Crippen molar-refractivity contribution >= 4 is 28.5 Å². The fourth-order valence-corrected chi connectivity index (χ4v) is 3.62. The molecule has 1 fully saturated rings. The van der Waals surface area contributed by atoms with Gasteiger partial charge in [0.2, 0.25) is 0 Å². The SMILES string of the molecule is CN1CCN(CCCNC(=O)c2cc3ccccc3cc2NC(=O)OC(C)(C)C)CC1. The Morgan fingerprint density at radius 2 is 1.68 bits per heavy atom. The predicted molar refractivity (Wildman–Crippen MR) is 125 cm³/mol. The summed E-state index contributed by atoms with van der Waals surface area (Å²) in [6.45, 7) is 11.3. The number of anilines is 1. The third kappa shape index (κ3) is 6.94. The number of rotatable bonds is 6. The van der Waals surface area contributed by atoms with Gasteiger partial charge in [0.05, 0.1) is 11.3 Å². The predicted octanol–water partition coefficient (Wildman–Crippen LogP) is 3.55. The number of carbonyl (C=O) groups is 2. The lowest BCUT2D eigenvalue weighted by Gasteiger charge is -2.32. The van der Waals surface area contributed by atoms with Crippen LogP contribution in [0.4, 0.5) is 10.5 Å².